The van der Waals surface area contributed by atoms with Crippen molar-refractivity contribution in [1.29, 1.82) is 0 Å². The van der Waals surface area contributed by atoms with Gasteiger partial charge in [-0.05, 0) is 60.6 Å². The summed E-state index contributed by atoms with van der Waals surface area (Å²) in [5.41, 5.74) is 2.42. The summed E-state index contributed by atoms with van der Waals surface area (Å²) < 4.78 is 11.2. The molecule has 0 spiro atoms. The molecule has 3 heteroatoms. The third kappa shape index (κ3) is 3.76. The number of esters is 1. The number of hydrogen-bond donors (Lipinski definition) is 0. The lowest BCUT2D eigenvalue weighted by molar-refractivity contribution is -0.131. The lowest BCUT2D eigenvalue weighted by Crippen LogP contribution is -2.21. The molecule has 0 N–H and O–H groups in total. The lowest BCUT2D eigenvalue weighted by Gasteiger charge is -2.20. The van der Waals surface area contributed by atoms with Gasteiger partial charge >= 0.3 is 5.97 Å². The molecule has 0 saturated heterocycles. The molecule has 2 aromatic carbocycles. The number of rotatable bonds is 5. The second-order valence-electron chi connectivity index (χ2n) is 6.99. The Morgan fingerprint density at radius 3 is 2.08 bits per heavy atom. The average molecular weight is 334 g/mol. The van der Waals surface area contributed by atoms with Crippen molar-refractivity contribution >= 4 is 5.97 Å². The molecule has 3 atom stereocenters. The van der Waals surface area contributed by atoms with Crippen molar-refractivity contribution in [2.75, 3.05) is 0 Å². The molecule has 3 unspecified atom stereocenters. The van der Waals surface area contributed by atoms with Crippen LogP contribution in [0.25, 0.3) is 0 Å². The van der Waals surface area contributed by atoms with Crippen molar-refractivity contribution in [1.82, 2.24) is 0 Å². The standard InChI is InChI=1S/C22H22O3/c1-15(23)24-20-8-3-16(4-9-20)12-17-5-10-21(11-6-17)25-22-14-18-2-7-19(22)13-18/h2-11,18-19,22H,12-14H2,1H3. The van der Waals surface area contributed by atoms with E-state index in [2.05, 4.69) is 36.4 Å². The molecule has 0 aliphatic heterocycles. The maximum Gasteiger partial charge on any atom is 0.308 e. The quantitative estimate of drug-likeness (QED) is 0.457. The van der Waals surface area contributed by atoms with Crippen molar-refractivity contribution < 1.29 is 14.3 Å². The van der Waals surface area contributed by atoms with Gasteiger partial charge in [0, 0.05) is 12.8 Å². The zero-order chi connectivity index (χ0) is 17.2. The first-order valence-corrected chi connectivity index (χ1v) is 8.87. The molecule has 0 amide bonds. The summed E-state index contributed by atoms with van der Waals surface area (Å²) in [5, 5.41) is 0. The van der Waals surface area contributed by atoms with E-state index in [-0.39, 0.29) is 5.97 Å². The van der Waals surface area contributed by atoms with Crippen molar-refractivity contribution in [3.05, 3.63) is 71.8 Å². The van der Waals surface area contributed by atoms with Crippen molar-refractivity contribution in [2.45, 2.75) is 32.3 Å². The van der Waals surface area contributed by atoms with Gasteiger partial charge in [0.15, 0.2) is 0 Å². The van der Waals surface area contributed by atoms with Gasteiger partial charge in [0.2, 0.25) is 0 Å². The fourth-order valence-corrected chi connectivity index (χ4v) is 3.80. The Morgan fingerprint density at radius 2 is 1.56 bits per heavy atom. The Bertz CT molecular complexity index is 774. The third-order valence-corrected chi connectivity index (χ3v) is 5.02. The summed E-state index contributed by atoms with van der Waals surface area (Å²) in [6.45, 7) is 1.41. The van der Waals surface area contributed by atoms with Gasteiger partial charge in [0.05, 0.1) is 0 Å². The Balaban J connectivity index is 1.35. The van der Waals surface area contributed by atoms with Crippen LogP contribution in [0.1, 0.15) is 30.9 Å². The second kappa shape index (κ2) is 6.75. The number of carbonyl (C=O) groups excluding carboxylic acids is 1. The smallest absolute Gasteiger partial charge is 0.308 e. The molecule has 3 nitrogen and oxygen atoms in total. The minimum Gasteiger partial charge on any atom is -0.490 e. The van der Waals surface area contributed by atoms with Gasteiger partial charge in [0.25, 0.3) is 0 Å². The number of carbonyl (C=O) groups is 1. The van der Waals surface area contributed by atoms with Crippen LogP contribution in [-0.4, -0.2) is 12.1 Å². The first-order chi connectivity index (χ1) is 12.2. The molecule has 1 saturated carbocycles. The molecule has 4 rings (SSSR count). The van der Waals surface area contributed by atoms with Crippen LogP contribution in [0.5, 0.6) is 11.5 Å². The van der Waals surface area contributed by atoms with E-state index in [0.717, 1.165) is 24.5 Å². The number of benzene rings is 2. The van der Waals surface area contributed by atoms with Crippen molar-refractivity contribution in [3.8, 4) is 11.5 Å². The summed E-state index contributed by atoms with van der Waals surface area (Å²) in [5.74, 6) is 2.57. The predicted molar refractivity (Wildman–Crippen MR) is 96.8 cm³/mol. The zero-order valence-electron chi connectivity index (χ0n) is 14.4. The Kier molecular flexibility index (Phi) is 4.31. The number of ether oxygens (including phenoxy) is 2. The number of allylic oxidation sites excluding steroid dienone is 1. The van der Waals surface area contributed by atoms with Gasteiger partial charge in [-0.15, -0.1) is 0 Å². The van der Waals surface area contributed by atoms with E-state index < -0.39 is 0 Å². The molecule has 0 aromatic heterocycles. The highest BCUT2D eigenvalue weighted by atomic mass is 16.5. The minimum atomic E-state index is -0.297. The summed E-state index contributed by atoms with van der Waals surface area (Å²) in [7, 11) is 0. The van der Waals surface area contributed by atoms with Crippen LogP contribution in [0, 0.1) is 11.8 Å². The van der Waals surface area contributed by atoms with E-state index in [9.17, 15) is 4.79 Å². The summed E-state index contributed by atoms with van der Waals surface area (Å²) in [6, 6.07) is 16.0. The van der Waals surface area contributed by atoms with Gasteiger partial charge in [-0.25, -0.2) is 0 Å². The van der Waals surface area contributed by atoms with Crippen molar-refractivity contribution in [3.63, 3.8) is 0 Å². The topological polar surface area (TPSA) is 35.5 Å². The van der Waals surface area contributed by atoms with E-state index in [1.165, 1.54) is 24.5 Å². The lowest BCUT2D eigenvalue weighted by atomic mass is 10.0. The van der Waals surface area contributed by atoms with Gasteiger partial charge in [-0.2, -0.15) is 0 Å². The minimum absolute atomic E-state index is 0.297. The molecule has 2 aliphatic carbocycles. The van der Waals surface area contributed by atoms with Crippen LogP contribution >= 0.6 is 0 Å². The largest absolute Gasteiger partial charge is 0.490 e. The maximum atomic E-state index is 10.9. The van der Waals surface area contributed by atoms with E-state index >= 15 is 0 Å². The molecule has 0 heterocycles. The highest BCUT2D eigenvalue weighted by molar-refractivity contribution is 5.69. The Morgan fingerprint density at radius 1 is 0.920 bits per heavy atom. The molecule has 25 heavy (non-hydrogen) atoms. The van der Waals surface area contributed by atoms with E-state index in [1.54, 1.807) is 0 Å². The Labute approximate surface area is 148 Å². The highest BCUT2D eigenvalue weighted by Gasteiger charge is 2.37. The summed E-state index contributed by atoms with van der Waals surface area (Å²) in [4.78, 5) is 10.9. The van der Waals surface area contributed by atoms with E-state index in [1.807, 2.05) is 24.3 Å². The normalized spacial score (nSPS) is 23.6. The first kappa shape index (κ1) is 15.9. The average Bonchev–Trinajstić information content (AvgIpc) is 3.21. The fourth-order valence-electron chi connectivity index (χ4n) is 3.80. The zero-order valence-corrected chi connectivity index (χ0v) is 14.4. The van der Waals surface area contributed by atoms with Crippen LogP contribution in [0.15, 0.2) is 60.7 Å². The highest BCUT2D eigenvalue weighted by Crippen LogP contribution is 2.41. The monoisotopic (exact) mass is 334 g/mol. The van der Waals surface area contributed by atoms with E-state index in [4.69, 9.17) is 9.47 Å². The maximum absolute atomic E-state index is 10.9. The molecule has 128 valence electrons. The number of hydrogen-bond acceptors (Lipinski definition) is 3. The molecular formula is C22H22O3. The van der Waals surface area contributed by atoms with Gasteiger partial charge < -0.3 is 9.47 Å². The van der Waals surface area contributed by atoms with E-state index in [0.29, 0.717) is 17.8 Å². The first-order valence-electron chi connectivity index (χ1n) is 8.87. The van der Waals surface area contributed by atoms with Crippen LogP contribution in [0.2, 0.25) is 0 Å². The molecule has 0 radical (unpaired) electrons. The molecule has 2 bridgehead atoms. The van der Waals surface area contributed by atoms with Crippen LogP contribution in [0.4, 0.5) is 0 Å². The third-order valence-electron chi connectivity index (χ3n) is 5.02. The summed E-state index contributed by atoms with van der Waals surface area (Å²) >= 11 is 0. The van der Waals surface area contributed by atoms with Crippen LogP contribution < -0.4 is 9.47 Å². The number of fused-ring (bicyclic) bond motifs is 2. The van der Waals surface area contributed by atoms with Gasteiger partial charge in [-0.3, -0.25) is 4.79 Å². The predicted octanol–water partition coefficient (Wildman–Crippen LogP) is 4.55. The second-order valence-corrected chi connectivity index (χ2v) is 6.99. The SMILES string of the molecule is CC(=O)Oc1ccc(Cc2ccc(OC3CC4C=CC3C4)cc2)cc1. The molecule has 2 aromatic rings. The van der Waals surface area contributed by atoms with Gasteiger partial charge in [0.1, 0.15) is 17.6 Å². The van der Waals surface area contributed by atoms with Gasteiger partial charge in [-0.1, -0.05) is 36.4 Å². The summed E-state index contributed by atoms with van der Waals surface area (Å²) in [6.07, 6.45) is 8.24. The Hall–Kier alpha value is -2.55. The fraction of sp³-hybridized carbons (Fsp3) is 0.318. The van der Waals surface area contributed by atoms with Crippen LogP contribution in [0.3, 0.4) is 0 Å². The van der Waals surface area contributed by atoms with Crippen molar-refractivity contribution in [2.24, 2.45) is 11.8 Å². The van der Waals surface area contributed by atoms with Crippen LogP contribution in [-0.2, 0) is 11.2 Å². The molecule has 2 aliphatic rings. The molecule has 1 fully saturated rings. The molecular weight excluding hydrogens is 312 g/mol.